The standard InChI is InChI=1S/C58H38N4/c1-6-18-39(19-7-1)42-32-34-52-48(36-42)49-37-43(33-35-53(49)61(52)44-24-12-4-13-25-44)46-28-16-30-54-56(46)57-47(29-17-31-55(57)62(54)45-26-14-5-15-27-45)51-38-50(40-20-8-2-9-21-40)59-58(60-51)41-22-10-3-11-23-41/h1-38H. The molecular weight excluding hydrogens is 753 g/mol. The molecule has 290 valence electrons. The minimum Gasteiger partial charge on any atom is -0.309 e. The van der Waals surface area contributed by atoms with Crippen LogP contribution in [-0.2, 0) is 0 Å². The molecule has 0 saturated heterocycles. The zero-order valence-electron chi connectivity index (χ0n) is 33.7. The van der Waals surface area contributed by atoms with Gasteiger partial charge in [0.2, 0.25) is 0 Å². The van der Waals surface area contributed by atoms with Gasteiger partial charge in [0.05, 0.1) is 33.5 Å². The summed E-state index contributed by atoms with van der Waals surface area (Å²) in [6.07, 6.45) is 0. The van der Waals surface area contributed by atoms with E-state index in [1.165, 1.54) is 38.3 Å². The molecule has 4 heteroatoms. The van der Waals surface area contributed by atoms with Crippen LogP contribution in [0.15, 0.2) is 231 Å². The molecule has 3 heterocycles. The van der Waals surface area contributed by atoms with Gasteiger partial charge in [-0.1, -0.05) is 164 Å². The molecule has 12 rings (SSSR count). The molecule has 4 nitrogen and oxygen atoms in total. The first kappa shape index (κ1) is 35.6. The monoisotopic (exact) mass is 790 g/mol. The average Bonchev–Trinajstić information content (AvgIpc) is 3.87. The molecule has 0 spiro atoms. The quantitative estimate of drug-likeness (QED) is 0.161. The summed E-state index contributed by atoms with van der Waals surface area (Å²) >= 11 is 0. The van der Waals surface area contributed by atoms with Gasteiger partial charge in [0.1, 0.15) is 0 Å². The molecule has 0 aliphatic rings. The van der Waals surface area contributed by atoms with Gasteiger partial charge in [-0.3, -0.25) is 0 Å². The van der Waals surface area contributed by atoms with E-state index in [0.717, 1.165) is 67.0 Å². The summed E-state index contributed by atoms with van der Waals surface area (Å²) in [4.78, 5) is 10.5. The van der Waals surface area contributed by atoms with Crippen molar-refractivity contribution >= 4 is 43.6 Å². The molecule has 0 N–H and O–H groups in total. The van der Waals surface area contributed by atoms with Crippen molar-refractivity contribution in [1.82, 2.24) is 19.1 Å². The molecule has 0 atom stereocenters. The van der Waals surface area contributed by atoms with Crippen LogP contribution < -0.4 is 0 Å². The molecular formula is C58H38N4. The Morgan fingerprint density at radius 2 is 0.726 bits per heavy atom. The van der Waals surface area contributed by atoms with Gasteiger partial charge < -0.3 is 9.13 Å². The second kappa shape index (κ2) is 14.7. The van der Waals surface area contributed by atoms with Gasteiger partial charge in [0.25, 0.3) is 0 Å². The highest BCUT2D eigenvalue weighted by Gasteiger charge is 2.22. The van der Waals surface area contributed by atoms with Crippen molar-refractivity contribution in [2.45, 2.75) is 0 Å². The van der Waals surface area contributed by atoms with Crippen LogP contribution in [0.5, 0.6) is 0 Å². The Hall–Kier alpha value is -8.34. The van der Waals surface area contributed by atoms with Crippen LogP contribution in [0.2, 0.25) is 0 Å². The number of hydrogen-bond donors (Lipinski definition) is 0. The van der Waals surface area contributed by atoms with Crippen LogP contribution in [0.3, 0.4) is 0 Å². The fraction of sp³-hybridized carbons (Fsp3) is 0. The number of nitrogens with zero attached hydrogens (tertiary/aromatic N) is 4. The second-order valence-electron chi connectivity index (χ2n) is 15.8. The molecule has 3 aromatic heterocycles. The Kier molecular flexibility index (Phi) is 8.46. The zero-order valence-corrected chi connectivity index (χ0v) is 33.7. The Labute approximate surface area is 359 Å². The smallest absolute Gasteiger partial charge is 0.160 e. The third kappa shape index (κ3) is 5.92. The van der Waals surface area contributed by atoms with Crippen molar-refractivity contribution in [1.29, 1.82) is 0 Å². The number of para-hydroxylation sites is 2. The van der Waals surface area contributed by atoms with Crippen LogP contribution in [0.4, 0.5) is 0 Å². The van der Waals surface area contributed by atoms with E-state index in [1.807, 2.05) is 24.3 Å². The van der Waals surface area contributed by atoms with Crippen LogP contribution in [0.1, 0.15) is 0 Å². The molecule has 62 heavy (non-hydrogen) atoms. The third-order valence-electron chi connectivity index (χ3n) is 12.1. The lowest BCUT2D eigenvalue weighted by Crippen LogP contribution is -1.96. The predicted octanol–water partition coefficient (Wildman–Crippen LogP) is 15.0. The summed E-state index contributed by atoms with van der Waals surface area (Å²) in [6, 6.07) is 82.2. The van der Waals surface area contributed by atoms with Gasteiger partial charge >= 0.3 is 0 Å². The zero-order chi connectivity index (χ0) is 41.0. The van der Waals surface area contributed by atoms with Gasteiger partial charge in [0.15, 0.2) is 5.82 Å². The van der Waals surface area contributed by atoms with Crippen molar-refractivity contribution in [3.05, 3.63) is 231 Å². The first-order valence-corrected chi connectivity index (χ1v) is 21.1. The fourth-order valence-corrected chi connectivity index (χ4v) is 9.33. The van der Waals surface area contributed by atoms with Crippen molar-refractivity contribution in [2.75, 3.05) is 0 Å². The lowest BCUT2D eigenvalue weighted by Gasteiger charge is -2.12. The maximum absolute atomic E-state index is 5.36. The topological polar surface area (TPSA) is 35.6 Å². The lowest BCUT2D eigenvalue weighted by molar-refractivity contribution is 1.18. The maximum atomic E-state index is 5.36. The van der Waals surface area contributed by atoms with E-state index in [9.17, 15) is 0 Å². The summed E-state index contributed by atoms with van der Waals surface area (Å²) in [5.74, 6) is 0.695. The molecule has 0 radical (unpaired) electrons. The number of fused-ring (bicyclic) bond motifs is 6. The van der Waals surface area contributed by atoms with Gasteiger partial charge in [-0.15, -0.1) is 0 Å². The van der Waals surface area contributed by atoms with Crippen molar-refractivity contribution < 1.29 is 0 Å². The Bertz CT molecular complexity index is 3530. The first-order valence-electron chi connectivity index (χ1n) is 21.1. The average molecular weight is 791 g/mol. The molecule has 0 aliphatic carbocycles. The van der Waals surface area contributed by atoms with E-state index in [4.69, 9.17) is 9.97 Å². The lowest BCUT2D eigenvalue weighted by atomic mass is 9.94. The summed E-state index contributed by atoms with van der Waals surface area (Å²) in [7, 11) is 0. The largest absolute Gasteiger partial charge is 0.309 e. The van der Waals surface area contributed by atoms with E-state index >= 15 is 0 Å². The minimum atomic E-state index is 0.695. The molecule has 0 bridgehead atoms. The number of benzene rings is 9. The predicted molar refractivity (Wildman–Crippen MR) is 258 cm³/mol. The normalized spacial score (nSPS) is 11.5. The van der Waals surface area contributed by atoms with Crippen molar-refractivity contribution in [3.63, 3.8) is 0 Å². The molecule has 0 amide bonds. The van der Waals surface area contributed by atoms with Crippen LogP contribution in [0, 0.1) is 0 Å². The van der Waals surface area contributed by atoms with Gasteiger partial charge in [-0.05, 0) is 89.0 Å². The fourth-order valence-electron chi connectivity index (χ4n) is 9.33. The minimum absolute atomic E-state index is 0.695. The summed E-state index contributed by atoms with van der Waals surface area (Å²) in [5, 5.41) is 4.75. The van der Waals surface area contributed by atoms with Crippen molar-refractivity contribution in [2.24, 2.45) is 0 Å². The number of rotatable bonds is 7. The molecule has 12 aromatic rings. The molecule has 0 unspecified atom stereocenters. The van der Waals surface area contributed by atoms with Crippen LogP contribution >= 0.6 is 0 Å². The van der Waals surface area contributed by atoms with Gasteiger partial charge in [-0.2, -0.15) is 0 Å². The second-order valence-corrected chi connectivity index (χ2v) is 15.8. The van der Waals surface area contributed by atoms with E-state index in [-0.39, 0.29) is 0 Å². The van der Waals surface area contributed by atoms with E-state index in [2.05, 4.69) is 215 Å². The van der Waals surface area contributed by atoms with E-state index < -0.39 is 0 Å². The first-order chi connectivity index (χ1) is 30.8. The third-order valence-corrected chi connectivity index (χ3v) is 12.1. The summed E-state index contributed by atoms with van der Waals surface area (Å²) < 4.78 is 4.80. The highest BCUT2D eigenvalue weighted by Crippen LogP contribution is 2.45. The van der Waals surface area contributed by atoms with E-state index in [1.54, 1.807) is 0 Å². The SMILES string of the molecule is c1ccc(-c2ccc3c(c2)c2cc(-c4cccc5c4c4c(-c6cc(-c7ccccc7)nc(-c7ccccc7)n6)cccc4n5-c4ccccc4)ccc2n3-c2ccccc2)cc1. The highest BCUT2D eigenvalue weighted by atomic mass is 15.0. The summed E-state index contributed by atoms with van der Waals surface area (Å²) in [6.45, 7) is 0. The number of aromatic nitrogens is 4. The van der Waals surface area contributed by atoms with Crippen LogP contribution in [0.25, 0.3) is 111 Å². The Morgan fingerprint density at radius 3 is 1.32 bits per heavy atom. The molecule has 0 fully saturated rings. The molecule has 9 aromatic carbocycles. The summed E-state index contributed by atoms with van der Waals surface area (Å²) in [5.41, 5.74) is 16.4. The van der Waals surface area contributed by atoms with Crippen LogP contribution in [-0.4, -0.2) is 19.1 Å². The van der Waals surface area contributed by atoms with Crippen molar-refractivity contribution in [3.8, 4) is 67.5 Å². The Balaban J connectivity index is 1.15. The maximum Gasteiger partial charge on any atom is 0.160 e. The van der Waals surface area contributed by atoms with Gasteiger partial charge in [-0.25, -0.2) is 9.97 Å². The molecule has 0 saturated carbocycles. The van der Waals surface area contributed by atoms with E-state index in [0.29, 0.717) is 5.82 Å². The van der Waals surface area contributed by atoms with Gasteiger partial charge in [0, 0.05) is 49.6 Å². The molecule has 0 aliphatic heterocycles. The Morgan fingerprint density at radius 1 is 0.274 bits per heavy atom. The highest BCUT2D eigenvalue weighted by molar-refractivity contribution is 6.21. The number of hydrogen-bond acceptors (Lipinski definition) is 2.